The Bertz CT molecular complexity index is 958. The van der Waals surface area contributed by atoms with Crippen LogP contribution in [-0.2, 0) is 13.2 Å². The molecule has 0 fully saturated rings. The van der Waals surface area contributed by atoms with Gasteiger partial charge in [-0.1, -0.05) is 63.4 Å². The lowest BCUT2D eigenvalue weighted by atomic mass is 10.1. The number of nitrogens with one attached hydrogen (secondary N) is 1. The molecule has 3 aromatic carbocycles. The van der Waals surface area contributed by atoms with Crippen molar-refractivity contribution in [2.75, 3.05) is 12.4 Å². The Kier molecular flexibility index (Phi) is 6.87. The van der Waals surface area contributed by atoms with E-state index in [-0.39, 0.29) is 0 Å². The van der Waals surface area contributed by atoms with Crippen LogP contribution < -0.4 is 14.8 Å². The second-order valence-corrected chi connectivity index (χ2v) is 7.95. The third-order valence-corrected chi connectivity index (χ3v) is 5.65. The van der Waals surface area contributed by atoms with Gasteiger partial charge in [-0.25, -0.2) is 0 Å². The van der Waals surface area contributed by atoms with Gasteiger partial charge in [-0.3, -0.25) is 0 Å². The molecule has 0 aliphatic rings. The molecule has 0 unspecified atom stereocenters. The highest BCUT2D eigenvalue weighted by atomic mass is 79.9. The maximum atomic E-state index is 6.20. The number of rotatable bonds is 7. The number of methoxy groups -OCH3 is 1. The van der Waals surface area contributed by atoms with E-state index in [0.717, 1.165) is 31.9 Å². The van der Waals surface area contributed by atoms with Crippen molar-refractivity contribution in [1.82, 2.24) is 0 Å². The minimum atomic E-state index is 0.489. The minimum absolute atomic E-state index is 0.489. The molecule has 0 aromatic heterocycles. The molecule has 0 saturated carbocycles. The molecule has 0 atom stereocenters. The Hall–Kier alpha value is -2.17. The highest BCUT2D eigenvalue weighted by Crippen LogP contribution is 2.34. The quantitative estimate of drug-likeness (QED) is 0.415. The molecule has 0 amide bonds. The molecular formula is C23H23BrClNO2. The summed E-state index contributed by atoms with van der Waals surface area (Å²) in [6.07, 6.45) is 0. The van der Waals surface area contributed by atoms with Crippen molar-refractivity contribution in [3.63, 3.8) is 0 Å². The lowest BCUT2D eigenvalue weighted by Gasteiger charge is -2.15. The molecule has 3 nitrogen and oxygen atoms in total. The summed E-state index contributed by atoms with van der Waals surface area (Å²) in [6.45, 7) is 5.18. The van der Waals surface area contributed by atoms with Gasteiger partial charge in [0.25, 0.3) is 0 Å². The molecule has 3 rings (SSSR count). The molecule has 0 aliphatic carbocycles. The molecule has 1 N–H and O–H groups in total. The summed E-state index contributed by atoms with van der Waals surface area (Å²) < 4.78 is 12.5. The lowest BCUT2D eigenvalue weighted by Crippen LogP contribution is -2.03. The third-order valence-electron chi connectivity index (χ3n) is 4.50. The normalized spacial score (nSPS) is 10.6. The van der Waals surface area contributed by atoms with E-state index < -0.39 is 0 Å². The largest absolute Gasteiger partial charge is 0.493 e. The smallest absolute Gasteiger partial charge is 0.162 e. The van der Waals surface area contributed by atoms with Gasteiger partial charge in [0, 0.05) is 21.7 Å². The van der Waals surface area contributed by atoms with Crippen molar-refractivity contribution in [3.8, 4) is 11.5 Å². The number of anilines is 1. The zero-order valence-corrected chi connectivity index (χ0v) is 18.5. The second-order valence-electron chi connectivity index (χ2n) is 6.69. The molecule has 0 aliphatic heterocycles. The second kappa shape index (κ2) is 9.35. The van der Waals surface area contributed by atoms with Crippen LogP contribution in [0.25, 0.3) is 0 Å². The van der Waals surface area contributed by atoms with Crippen LogP contribution in [0.3, 0.4) is 0 Å². The van der Waals surface area contributed by atoms with Crippen molar-refractivity contribution in [1.29, 1.82) is 0 Å². The zero-order chi connectivity index (χ0) is 20.1. The highest BCUT2D eigenvalue weighted by Gasteiger charge is 2.11. The first kappa shape index (κ1) is 20.6. The first-order valence-corrected chi connectivity index (χ1v) is 10.2. The SMILES string of the molecule is COc1cc(CNc2ccc(C)c(Cl)c2)c(Br)cc1OCc1ccc(C)cc1. The topological polar surface area (TPSA) is 30.5 Å². The fourth-order valence-electron chi connectivity index (χ4n) is 2.73. The van der Waals surface area contributed by atoms with Gasteiger partial charge in [-0.2, -0.15) is 0 Å². The summed E-state index contributed by atoms with van der Waals surface area (Å²) in [5, 5.41) is 4.14. The number of halogens is 2. The number of ether oxygens (including phenoxy) is 2. The summed E-state index contributed by atoms with van der Waals surface area (Å²) >= 11 is 9.85. The van der Waals surface area contributed by atoms with Gasteiger partial charge in [0.1, 0.15) is 6.61 Å². The number of benzene rings is 3. The van der Waals surface area contributed by atoms with Gasteiger partial charge in [-0.15, -0.1) is 0 Å². The maximum Gasteiger partial charge on any atom is 0.162 e. The van der Waals surface area contributed by atoms with E-state index in [1.54, 1.807) is 7.11 Å². The van der Waals surface area contributed by atoms with Crippen LogP contribution >= 0.6 is 27.5 Å². The van der Waals surface area contributed by atoms with E-state index >= 15 is 0 Å². The Morgan fingerprint density at radius 1 is 0.964 bits per heavy atom. The van der Waals surface area contributed by atoms with Crippen LogP contribution in [0.15, 0.2) is 59.1 Å². The average Bonchev–Trinajstić information content (AvgIpc) is 2.69. The first-order valence-electron chi connectivity index (χ1n) is 9.01. The predicted octanol–water partition coefficient (Wildman–Crippen LogP) is 6.92. The van der Waals surface area contributed by atoms with E-state index in [4.69, 9.17) is 21.1 Å². The zero-order valence-electron chi connectivity index (χ0n) is 16.2. The molecule has 0 bridgehead atoms. The summed E-state index contributed by atoms with van der Waals surface area (Å²) in [5.74, 6) is 1.41. The highest BCUT2D eigenvalue weighted by molar-refractivity contribution is 9.10. The Labute approximate surface area is 179 Å². The monoisotopic (exact) mass is 459 g/mol. The van der Waals surface area contributed by atoms with E-state index in [1.807, 2.05) is 37.3 Å². The standard InChI is InChI=1S/C23H23BrClNO2/c1-15-4-7-17(8-5-15)14-28-23-12-20(24)18(10-22(23)27-3)13-26-19-9-6-16(2)21(25)11-19/h4-12,26H,13-14H2,1-3H3. The van der Waals surface area contributed by atoms with Gasteiger partial charge in [0.15, 0.2) is 11.5 Å². The first-order chi connectivity index (χ1) is 13.5. The predicted molar refractivity (Wildman–Crippen MR) is 120 cm³/mol. The van der Waals surface area contributed by atoms with E-state index in [9.17, 15) is 0 Å². The van der Waals surface area contributed by atoms with Crippen molar-refractivity contribution >= 4 is 33.2 Å². The molecule has 5 heteroatoms. The molecule has 0 radical (unpaired) electrons. The molecule has 146 valence electrons. The Morgan fingerprint density at radius 2 is 1.71 bits per heavy atom. The van der Waals surface area contributed by atoms with Crippen molar-refractivity contribution in [2.45, 2.75) is 27.0 Å². The fourth-order valence-corrected chi connectivity index (χ4v) is 3.37. The van der Waals surface area contributed by atoms with E-state index in [1.165, 1.54) is 5.56 Å². The van der Waals surface area contributed by atoms with Crippen LogP contribution in [0, 0.1) is 13.8 Å². The number of aryl methyl sites for hydroxylation is 2. The van der Waals surface area contributed by atoms with Crippen LogP contribution in [0.2, 0.25) is 5.02 Å². The van der Waals surface area contributed by atoms with Crippen LogP contribution in [0.5, 0.6) is 11.5 Å². The van der Waals surface area contributed by atoms with E-state index in [2.05, 4.69) is 52.4 Å². The summed E-state index contributed by atoms with van der Waals surface area (Å²) in [6, 6.07) is 18.2. The summed E-state index contributed by atoms with van der Waals surface area (Å²) in [4.78, 5) is 0. The van der Waals surface area contributed by atoms with Gasteiger partial charge in [0.2, 0.25) is 0 Å². The van der Waals surface area contributed by atoms with Crippen LogP contribution in [-0.4, -0.2) is 7.11 Å². The van der Waals surface area contributed by atoms with Gasteiger partial charge in [-0.05, 0) is 54.8 Å². The lowest BCUT2D eigenvalue weighted by molar-refractivity contribution is 0.284. The van der Waals surface area contributed by atoms with E-state index in [0.29, 0.717) is 24.7 Å². The minimum Gasteiger partial charge on any atom is -0.493 e. The van der Waals surface area contributed by atoms with Crippen LogP contribution in [0.1, 0.15) is 22.3 Å². The number of hydrogen-bond acceptors (Lipinski definition) is 3. The maximum absolute atomic E-state index is 6.20. The fraction of sp³-hybridized carbons (Fsp3) is 0.217. The average molecular weight is 461 g/mol. The Balaban J connectivity index is 1.71. The van der Waals surface area contributed by atoms with Gasteiger partial charge >= 0.3 is 0 Å². The third kappa shape index (κ3) is 5.21. The Morgan fingerprint density at radius 3 is 2.39 bits per heavy atom. The van der Waals surface area contributed by atoms with Crippen molar-refractivity contribution in [2.24, 2.45) is 0 Å². The van der Waals surface area contributed by atoms with Crippen molar-refractivity contribution in [3.05, 3.63) is 86.3 Å². The van der Waals surface area contributed by atoms with Crippen molar-refractivity contribution < 1.29 is 9.47 Å². The molecule has 0 spiro atoms. The van der Waals surface area contributed by atoms with Gasteiger partial charge < -0.3 is 14.8 Å². The number of hydrogen-bond donors (Lipinski definition) is 1. The van der Waals surface area contributed by atoms with Crippen LogP contribution in [0.4, 0.5) is 5.69 Å². The summed E-state index contributed by atoms with van der Waals surface area (Å²) in [7, 11) is 1.65. The summed E-state index contributed by atoms with van der Waals surface area (Å²) in [5.41, 5.74) is 5.45. The molecule has 28 heavy (non-hydrogen) atoms. The molecule has 3 aromatic rings. The molecule has 0 saturated heterocycles. The van der Waals surface area contributed by atoms with Gasteiger partial charge in [0.05, 0.1) is 7.11 Å². The molecule has 0 heterocycles. The molecular weight excluding hydrogens is 438 g/mol.